The molecule has 2 aromatic rings. The van der Waals surface area contributed by atoms with E-state index in [1.807, 2.05) is 17.5 Å². The molecule has 0 bridgehead atoms. The predicted molar refractivity (Wildman–Crippen MR) is 113 cm³/mol. The number of methoxy groups -OCH3 is 1. The lowest BCUT2D eigenvalue weighted by Crippen LogP contribution is -2.33. The van der Waals surface area contributed by atoms with Crippen LogP contribution in [0.25, 0.3) is 0 Å². The molecule has 1 aliphatic heterocycles. The molecule has 1 amide bonds. The highest BCUT2D eigenvalue weighted by molar-refractivity contribution is 7.12. The van der Waals surface area contributed by atoms with Crippen LogP contribution in [-0.2, 0) is 14.3 Å². The van der Waals surface area contributed by atoms with Crippen LogP contribution in [0, 0.1) is 5.92 Å². The van der Waals surface area contributed by atoms with Crippen molar-refractivity contribution in [1.29, 1.82) is 0 Å². The van der Waals surface area contributed by atoms with E-state index in [-0.39, 0.29) is 23.4 Å². The van der Waals surface area contributed by atoms with Gasteiger partial charge in [0.2, 0.25) is 0 Å². The van der Waals surface area contributed by atoms with Crippen molar-refractivity contribution in [2.45, 2.75) is 38.3 Å². The predicted octanol–water partition coefficient (Wildman–Crippen LogP) is 4.38. The quantitative estimate of drug-likeness (QED) is 0.542. The van der Waals surface area contributed by atoms with E-state index in [9.17, 15) is 18.4 Å². The number of halogens is 2. The fourth-order valence-electron chi connectivity index (χ4n) is 3.64. The van der Waals surface area contributed by atoms with Crippen LogP contribution in [0.2, 0.25) is 0 Å². The Morgan fingerprint density at radius 2 is 2.06 bits per heavy atom. The van der Waals surface area contributed by atoms with Gasteiger partial charge in [0, 0.05) is 6.42 Å². The second kappa shape index (κ2) is 9.64. The average Bonchev–Trinajstić information content (AvgIpc) is 3.40. The Morgan fingerprint density at radius 3 is 2.69 bits per heavy atom. The van der Waals surface area contributed by atoms with Crippen LogP contribution >= 0.6 is 11.3 Å². The first-order valence-corrected chi connectivity index (χ1v) is 11.1. The summed E-state index contributed by atoms with van der Waals surface area (Å²) in [5.74, 6) is -0.930. The maximum absolute atomic E-state index is 12.9. The number of benzene rings is 1. The Morgan fingerprint density at radius 1 is 1.25 bits per heavy atom. The SMILES string of the molecule is COc1cc([C@H]2CC(c3cccs3)=NN2C(=O)COC(=O)C2CCC2)ccc1OC(F)F. The van der Waals surface area contributed by atoms with E-state index in [4.69, 9.17) is 9.47 Å². The van der Waals surface area contributed by atoms with Gasteiger partial charge in [-0.1, -0.05) is 18.6 Å². The molecule has 0 spiro atoms. The molecular formula is C22H22F2N2O5S. The lowest BCUT2D eigenvalue weighted by atomic mass is 9.86. The Balaban J connectivity index is 1.56. The Kier molecular flexibility index (Phi) is 6.69. The summed E-state index contributed by atoms with van der Waals surface area (Å²) >= 11 is 1.50. The van der Waals surface area contributed by atoms with Crippen molar-refractivity contribution in [2.24, 2.45) is 11.0 Å². The zero-order valence-electron chi connectivity index (χ0n) is 17.3. The highest BCUT2D eigenvalue weighted by atomic mass is 32.1. The second-order valence-corrected chi connectivity index (χ2v) is 8.45. The molecule has 2 heterocycles. The van der Waals surface area contributed by atoms with Crippen molar-refractivity contribution < 1.29 is 32.6 Å². The minimum atomic E-state index is -2.99. The summed E-state index contributed by atoms with van der Waals surface area (Å²) in [6.07, 6.45) is 2.98. The zero-order valence-corrected chi connectivity index (χ0v) is 18.1. The second-order valence-electron chi connectivity index (χ2n) is 7.51. The molecular weight excluding hydrogens is 442 g/mol. The summed E-state index contributed by atoms with van der Waals surface area (Å²) < 4.78 is 40.2. The molecule has 0 unspecified atom stereocenters. The standard InChI is InChI=1S/C22H22F2N2O5S/c1-29-18-10-14(7-8-17(18)31-22(23)24)16-11-15(19-6-3-9-32-19)25-26(16)20(27)12-30-21(28)13-4-2-5-13/h3,6-10,13,16,22H,2,4-5,11-12H2,1H3/t16-/m1/s1. The number of thiophene rings is 1. The van der Waals surface area contributed by atoms with Gasteiger partial charge in [-0.3, -0.25) is 9.59 Å². The van der Waals surface area contributed by atoms with E-state index in [1.165, 1.54) is 29.5 Å². The topological polar surface area (TPSA) is 77.4 Å². The van der Waals surface area contributed by atoms with Crippen LogP contribution in [0.3, 0.4) is 0 Å². The van der Waals surface area contributed by atoms with Crippen LogP contribution in [0.4, 0.5) is 8.78 Å². The minimum absolute atomic E-state index is 0.101. The van der Waals surface area contributed by atoms with Gasteiger partial charge in [0.05, 0.1) is 29.7 Å². The van der Waals surface area contributed by atoms with Crippen molar-refractivity contribution in [3.63, 3.8) is 0 Å². The lowest BCUT2D eigenvalue weighted by molar-refractivity contribution is -0.158. The number of alkyl halides is 2. The number of amides is 1. The fourth-order valence-corrected chi connectivity index (χ4v) is 4.36. The van der Waals surface area contributed by atoms with Gasteiger partial charge in [-0.15, -0.1) is 11.3 Å². The van der Waals surface area contributed by atoms with E-state index >= 15 is 0 Å². The molecule has 0 radical (unpaired) electrons. The van der Waals surface area contributed by atoms with Crippen LogP contribution in [0.15, 0.2) is 40.8 Å². The summed E-state index contributed by atoms with van der Waals surface area (Å²) in [7, 11) is 1.35. The number of carbonyl (C=O) groups is 2. The molecule has 10 heteroatoms. The van der Waals surface area contributed by atoms with Gasteiger partial charge in [0.1, 0.15) is 0 Å². The van der Waals surface area contributed by atoms with Crippen LogP contribution in [-0.4, -0.2) is 42.9 Å². The van der Waals surface area contributed by atoms with Gasteiger partial charge >= 0.3 is 12.6 Å². The van der Waals surface area contributed by atoms with Crippen LogP contribution < -0.4 is 9.47 Å². The summed E-state index contributed by atoms with van der Waals surface area (Å²) in [5, 5.41) is 7.71. The number of hydrazone groups is 1. The maximum atomic E-state index is 12.9. The molecule has 2 aliphatic rings. The van der Waals surface area contributed by atoms with E-state index in [2.05, 4.69) is 9.84 Å². The van der Waals surface area contributed by atoms with Crippen LogP contribution in [0.5, 0.6) is 11.5 Å². The van der Waals surface area contributed by atoms with Crippen molar-refractivity contribution >= 4 is 28.9 Å². The number of nitrogens with zero attached hydrogens (tertiary/aromatic N) is 2. The first-order valence-electron chi connectivity index (χ1n) is 10.2. The Bertz CT molecular complexity index is 1010. The summed E-state index contributed by atoms with van der Waals surface area (Å²) in [5.41, 5.74) is 1.35. The van der Waals surface area contributed by atoms with Gasteiger partial charge in [-0.05, 0) is 42.0 Å². The average molecular weight is 464 g/mol. The van der Waals surface area contributed by atoms with Gasteiger partial charge < -0.3 is 14.2 Å². The Labute approximate surface area is 187 Å². The molecule has 170 valence electrons. The van der Waals surface area contributed by atoms with Crippen molar-refractivity contribution in [3.8, 4) is 11.5 Å². The molecule has 4 rings (SSSR count). The molecule has 0 saturated heterocycles. The third-order valence-corrected chi connectivity index (χ3v) is 6.46. The number of rotatable bonds is 8. The van der Waals surface area contributed by atoms with Crippen molar-refractivity contribution in [3.05, 3.63) is 46.2 Å². The Hall–Kier alpha value is -3.01. The first kappa shape index (κ1) is 22.2. The summed E-state index contributed by atoms with van der Waals surface area (Å²) in [4.78, 5) is 25.9. The largest absolute Gasteiger partial charge is 0.493 e. The van der Waals surface area contributed by atoms with E-state index < -0.39 is 25.2 Å². The monoisotopic (exact) mass is 464 g/mol. The van der Waals surface area contributed by atoms with E-state index in [0.717, 1.165) is 29.9 Å². The van der Waals surface area contributed by atoms with Crippen LogP contribution in [0.1, 0.15) is 42.2 Å². The number of esters is 1. The highest BCUT2D eigenvalue weighted by Gasteiger charge is 2.35. The smallest absolute Gasteiger partial charge is 0.387 e. The fraction of sp³-hybridized carbons (Fsp3) is 0.409. The molecule has 1 aliphatic carbocycles. The number of carbonyl (C=O) groups excluding carboxylic acids is 2. The molecule has 7 nitrogen and oxygen atoms in total. The minimum Gasteiger partial charge on any atom is -0.493 e. The van der Waals surface area contributed by atoms with Gasteiger partial charge in [-0.2, -0.15) is 13.9 Å². The third-order valence-electron chi connectivity index (χ3n) is 5.54. The van der Waals surface area contributed by atoms with Gasteiger partial charge in [0.25, 0.3) is 5.91 Å². The number of ether oxygens (including phenoxy) is 3. The molecule has 0 N–H and O–H groups in total. The van der Waals surface area contributed by atoms with E-state index in [1.54, 1.807) is 12.1 Å². The maximum Gasteiger partial charge on any atom is 0.387 e. The van der Waals surface area contributed by atoms with Crippen molar-refractivity contribution in [2.75, 3.05) is 13.7 Å². The first-order chi connectivity index (χ1) is 15.5. The number of hydrogen-bond donors (Lipinski definition) is 0. The number of hydrogen-bond acceptors (Lipinski definition) is 7. The molecule has 1 aromatic heterocycles. The normalized spacial score (nSPS) is 18.3. The van der Waals surface area contributed by atoms with Gasteiger partial charge in [0.15, 0.2) is 18.1 Å². The highest BCUT2D eigenvalue weighted by Crippen LogP contribution is 2.38. The summed E-state index contributed by atoms with van der Waals surface area (Å²) in [6, 6.07) is 7.82. The van der Waals surface area contributed by atoms with Gasteiger partial charge in [-0.25, -0.2) is 5.01 Å². The zero-order chi connectivity index (χ0) is 22.7. The molecule has 32 heavy (non-hydrogen) atoms. The third kappa shape index (κ3) is 4.74. The summed E-state index contributed by atoms with van der Waals surface area (Å²) in [6.45, 7) is -3.39. The van der Waals surface area contributed by atoms with Crippen molar-refractivity contribution in [1.82, 2.24) is 5.01 Å². The molecule has 1 saturated carbocycles. The molecule has 1 aromatic carbocycles. The molecule has 1 fully saturated rings. The lowest BCUT2D eigenvalue weighted by Gasteiger charge is -2.25. The van der Waals surface area contributed by atoms with E-state index in [0.29, 0.717) is 12.0 Å². The molecule has 1 atom stereocenters.